The minimum Gasteiger partial charge on any atom is -0.436 e. The molecule has 5 heteroatoms. The molecular formula is C43H28N4O. The molecule has 5 nitrogen and oxygen atoms in total. The second kappa shape index (κ2) is 11.6. The second-order valence-electron chi connectivity index (χ2n) is 11.7. The number of hydrogen-bond acceptors (Lipinski definition) is 5. The summed E-state index contributed by atoms with van der Waals surface area (Å²) in [7, 11) is 0. The summed E-state index contributed by atoms with van der Waals surface area (Å²) in [6.45, 7) is 0. The molecule has 0 aliphatic rings. The molecule has 0 aliphatic heterocycles. The van der Waals surface area contributed by atoms with Gasteiger partial charge in [0.2, 0.25) is 5.89 Å². The lowest BCUT2D eigenvalue weighted by Crippen LogP contribution is -2.10. The van der Waals surface area contributed by atoms with Crippen LogP contribution in [0.3, 0.4) is 0 Å². The number of fused-ring (bicyclic) bond motifs is 3. The Kier molecular flexibility index (Phi) is 6.72. The standard InChI is InChI=1S/C43H28N4O/c1-3-13-29(14-4-1)41-42(45-37-21-8-7-20-36(37)44-41)35-19-11-18-34-33(35)17-12-23-39(34)47(31-15-5-2-6-16-31)32-27-25-30(26-28-32)43-46-38-22-9-10-24-40(38)48-43/h1-28H. The highest BCUT2D eigenvalue weighted by Gasteiger charge is 2.20. The van der Waals surface area contributed by atoms with Crippen LogP contribution in [0, 0.1) is 0 Å². The van der Waals surface area contributed by atoms with Crippen molar-refractivity contribution in [3.63, 3.8) is 0 Å². The maximum atomic E-state index is 6.07. The number of aromatic nitrogens is 3. The zero-order chi connectivity index (χ0) is 31.9. The molecule has 0 saturated heterocycles. The minimum atomic E-state index is 0.606. The first-order valence-corrected chi connectivity index (χ1v) is 16.0. The molecule has 2 heterocycles. The SMILES string of the molecule is c1ccc(-c2nc3ccccc3nc2-c2cccc3c(N(c4ccccc4)c4ccc(-c5nc6ccccc6o5)cc4)cccc23)cc1. The van der Waals surface area contributed by atoms with E-state index >= 15 is 0 Å². The topological polar surface area (TPSA) is 55.1 Å². The van der Waals surface area contributed by atoms with Crippen molar-refractivity contribution >= 4 is 50.0 Å². The molecule has 226 valence electrons. The van der Waals surface area contributed by atoms with E-state index < -0.39 is 0 Å². The van der Waals surface area contributed by atoms with E-state index in [2.05, 4.69) is 102 Å². The number of oxazole rings is 1. The number of benzene rings is 7. The molecule has 0 fully saturated rings. The molecule has 0 unspecified atom stereocenters. The van der Waals surface area contributed by atoms with Crippen LogP contribution in [0.1, 0.15) is 0 Å². The van der Waals surface area contributed by atoms with E-state index in [0.717, 1.165) is 78.0 Å². The first-order chi connectivity index (χ1) is 23.8. The fraction of sp³-hybridized carbons (Fsp3) is 0. The Hall–Kier alpha value is -6.59. The highest BCUT2D eigenvalue weighted by atomic mass is 16.3. The van der Waals surface area contributed by atoms with Crippen molar-refractivity contribution < 1.29 is 4.42 Å². The fourth-order valence-electron chi connectivity index (χ4n) is 6.43. The van der Waals surface area contributed by atoms with Gasteiger partial charge in [-0.2, -0.15) is 0 Å². The number of nitrogens with zero attached hydrogens (tertiary/aromatic N) is 4. The lowest BCUT2D eigenvalue weighted by molar-refractivity contribution is 0.620. The van der Waals surface area contributed by atoms with Crippen LogP contribution in [0.2, 0.25) is 0 Å². The van der Waals surface area contributed by atoms with Crippen molar-refractivity contribution in [3.8, 4) is 34.0 Å². The van der Waals surface area contributed by atoms with Gasteiger partial charge in [0.25, 0.3) is 0 Å². The van der Waals surface area contributed by atoms with Crippen LogP contribution >= 0.6 is 0 Å². The zero-order valence-corrected chi connectivity index (χ0v) is 25.9. The predicted octanol–water partition coefficient (Wildman–Crippen LogP) is 11.4. The Labute approximate surface area is 277 Å². The highest BCUT2D eigenvalue weighted by molar-refractivity contribution is 6.07. The smallest absolute Gasteiger partial charge is 0.227 e. The average molecular weight is 617 g/mol. The summed E-state index contributed by atoms with van der Waals surface area (Å²) < 4.78 is 6.07. The van der Waals surface area contributed by atoms with E-state index in [1.54, 1.807) is 0 Å². The lowest BCUT2D eigenvalue weighted by Gasteiger charge is -2.27. The predicted molar refractivity (Wildman–Crippen MR) is 196 cm³/mol. The number of anilines is 3. The summed E-state index contributed by atoms with van der Waals surface area (Å²) in [5, 5.41) is 2.21. The second-order valence-corrected chi connectivity index (χ2v) is 11.7. The van der Waals surface area contributed by atoms with E-state index in [4.69, 9.17) is 19.4 Å². The Morgan fingerprint density at radius 2 is 1.00 bits per heavy atom. The Morgan fingerprint density at radius 1 is 0.396 bits per heavy atom. The summed E-state index contributed by atoms with van der Waals surface area (Å²) >= 11 is 0. The van der Waals surface area contributed by atoms with Gasteiger partial charge in [-0.1, -0.05) is 103 Å². The fourth-order valence-corrected chi connectivity index (χ4v) is 6.43. The van der Waals surface area contributed by atoms with Crippen LogP contribution in [0.4, 0.5) is 17.1 Å². The summed E-state index contributed by atoms with van der Waals surface area (Å²) in [5.74, 6) is 0.606. The molecule has 0 amide bonds. The molecule has 0 bridgehead atoms. The molecule has 0 spiro atoms. The van der Waals surface area contributed by atoms with Gasteiger partial charge in [0.1, 0.15) is 5.52 Å². The lowest BCUT2D eigenvalue weighted by atomic mass is 9.96. The monoisotopic (exact) mass is 616 g/mol. The third-order valence-corrected chi connectivity index (χ3v) is 8.69. The van der Waals surface area contributed by atoms with Crippen molar-refractivity contribution in [2.75, 3.05) is 4.90 Å². The minimum absolute atomic E-state index is 0.606. The van der Waals surface area contributed by atoms with Gasteiger partial charge in [0.15, 0.2) is 5.58 Å². The Bertz CT molecular complexity index is 2530. The molecule has 9 aromatic rings. The van der Waals surface area contributed by atoms with Crippen molar-refractivity contribution in [1.29, 1.82) is 0 Å². The van der Waals surface area contributed by atoms with Crippen LogP contribution in [0.5, 0.6) is 0 Å². The van der Waals surface area contributed by atoms with Gasteiger partial charge in [0, 0.05) is 33.5 Å². The largest absolute Gasteiger partial charge is 0.436 e. The van der Waals surface area contributed by atoms with Gasteiger partial charge < -0.3 is 9.32 Å². The first-order valence-electron chi connectivity index (χ1n) is 16.0. The summed E-state index contributed by atoms with van der Waals surface area (Å²) in [5.41, 5.74) is 11.2. The first kappa shape index (κ1) is 27.7. The molecular weight excluding hydrogens is 589 g/mol. The molecule has 0 radical (unpaired) electrons. The summed E-state index contributed by atoms with van der Waals surface area (Å²) in [4.78, 5) is 17.4. The van der Waals surface area contributed by atoms with E-state index in [9.17, 15) is 0 Å². The van der Waals surface area contributed by atoms with E-state index in [1.165, 1.54) is 0 Å². The van der Waals surface area contributed by atoms with Crippen LogP contribution < -0.4 is 4.90 Å². The zero-order valence-electron chi connectivity index (χ0n) is 25.9. The van der Waals surface area contributed by atoms with Gasteiger partial charge in [0.05, 0.1) is 28.1 Å². The van der Waals surface area contributed by atoms with E-state index in [1.807, 2.05) is 72.8 Å². The molecule has 7 aromatic carbocycles. The summed E-state index contributed by atoms with van der Waals surface area (Å²) in [6, 6.07) is 58.0. The quantitative estimate of drug-likeness (QED) is 0.186. The van der Waals surface area contributed by atoms with Gasteiger partial charge in [-0.05, 0) is 72.1 Å². The molecule has 0 saturated carbocycles. The van der Waals surface area contributed by atoms with Gasteiger partial charge in [-0.15, -0.1) is 0 Å². The van der Waals surface area contributed by atoms with Gasteiger partial charge >= 0.3 is 0 Å². The van der Waals surface area contributed by atoms with Crippen LogP contribution in [0.15, 0.2) is 174 Å². The highest BCUT2D eigenvalue weighted by Crippen LogP contribution is 2.42. The third kappa shape index (κ3) is 4.86. The van der Waals surface area contributed by atoms with Crippen LogP contribution in [-0.2, 0) is 0 Å². The molecule has 0 N–H and O–H groups in total. The Morgan fingerprint density at radius 3 is 1.75 bits per heavy atom. The van der Waals surface area contributed by atoms with E-state index in [0.29, 0.717) is 5.89 Å². The average Bonchev–Trinajstić information content (AvgIpc) is 3.60. The molecule has 0 atom stereocenters. The van der Waals surface area contributed by atoms with Crippen molar-refractivity contribution in [3.05, 3.63) is 170 Å². The number of para-hydroxylation sites is 5. The van der Waals surface area contributed by atoms with Crippen LogP contribution in [-0.4, -0.2) is 15.0 Å². The molecule has 9 rings (SSSR count). The number of rotatable bonds is 6. The van der Waals surface area contributed by atoms with Crippen molar-refractivity contribution in [2.45, 2.75) is 0 Å². The van der Waals surface area contributed by atoms with Gasteiger partial charge in [-0.3, -0.25) is 0 Å². The van der Waals surface area contributed by atoms with Crippen molar-refractivity contribution in [2.24, 2.45) is 0 Å². The van der Waals surface area contributed by atoms with E-state index in [-0.39, 0.29) is 0 Å². The maximum absolute atomic E-state index is 6.07. The molecule has 48 heavy (non-hydrogen) atoms. The van der Waals surface area contributed by atoms with Crippen molar-refractivity contribution in [1.82, 2.24) is 15.0 Å². The molecule has 2 aromatic heterocycles. The maximum Gasteiger partial charge on any atom is 0.227 e. The number of hydrogen-bond donors (Lipinski definition) is 0. The Balaban J connectivity index is 1.21. The molecule has 0 aliphatic carbocycles. The normalized spacial score (nSPS) is 11.3. The van der Waals surface area contributed by atoms with Gasteiger partial charge in [-0.25, -0.2) is 15.0 Å². The summed E-state index contributed by atoms with van der Waals surface area (Å²) in [6.07, 6.45) is 0. The van der Waals surface area contributed by atoms with Crippen LogP contribution in [0.25, 0.3) is 66.9 Å². The third-order valence-electron chi connectivity index (χ3n) is 8.69.